The summed E-state index contributed by atoms with van der Waals surface area (Å²) < 4.78 is 6.38. The van der Waals surface area contributed by atoms with Gasteiger partial charge in [-0.3, -0.25) is 0 Å². The van der Waals surface area contributed by atoms with Crippen molar-refractivity contribution in [2.45, 2.75) is 0 Å². The highest BCUT2D eigenvalue weighted by Gasteiger charge is 2.18. The van der Waals surface area contributed by atoms with Crippen molar-refractivity contribution in [3.8, 4) is 45.3 Å². The van der Waals surface area contributed by atoms with Crippen LogP contribution in [0.25, 0.3) is 88.8 Å². The molecule has 2 heterocycles. The highest BCUT2D eigenvalue weighted by molar-refractivity contribution is 6.09. The molecule has 0 radical (unpaired) electrons. The molecule has 9 aromatic rings. The summed E-state index contributed by atoms with van der Waals surface area (Å²) >= 11 is 0. The fraction of sp³-hybridized carbons (Fsp3) is 0. The maximum absolute atomic E-state index is 6.38. The monoisotopic (exact) mass is 575 g/mol. The summed E-state index contributed by atoms with van der Waals surface area (Å²) in [4.78, 5) is 15.1. The summed E-state index contributed by atoms with van der Waals surface area (Å²) in [6.45, 7) is 0. The van der Waals surface area contributed by atoms with Gasteiger partial charge in [0.05, 0.1) is 5.56 Å². The number of rotatable bonds is 4. The predicted molar refractivity (Wildman–Crippen MR) is 184 cm³/mol. The normalized spacial score (nSPS) is 11.6. The Labute approximate surface area is 259 Å². The maximum Gasteiger partial charge on any atom is 0.167 e. The van der Waals surface area contributed by atoms with E-state index in [9.17, 15) is 0 Å². The van der Waals surface area contributed by atoms with E-state index in [2.05, 4.69) is 121 Å². The Kier molecular flexibility index (Phi) is 5.78. The molecule has 0 spiro atoms. The van der Waals surface area contributed by atoms with Gasteiger partial charge in [0, 0.05) is 21.9 Å². The van der Waals surface area contributed by atoms with E-state index in [1.54, 1.807) is 0 Å². The molecule has 9 rings (SSSR count). The summed E-state index contributed by atoms with van der Waals surface area (Å²) in [5.74, 6) is 1.81. The Morgan fingerprint density at radius 2 is 0.889 bits per heavy atom. The Balaban J connectivity index is 1.20. The molecule has 0 atom stereocenters. The number of aromatic nitrogens is 3. The van der Waals surface area contributed by atoms with E-state index in [-0.39, 0.29) is 0 Å². The van der Waals surface area contributed by atoms with Crippen molar-refractivity contribution in [1.82, 2.24) is 15.0 Å². The highest BCUT2D eigenvalue weighted by atomic mass is 16.3. The van der Waals surface area contributed by atoms with Crippen molar-refractivity contribution >= 4 is 43.5 Å². The van der Waals surface area contributed by atoms with Crippen molar-refractivity contribution in [2.75, 3.05) is 0 Å². The maximum atomic E-state index is 6.38. The van der Waals surface area contributed by atoms with Crippen molar-refractivity contribution in [2.24, 2.45) is 0 Å². The fourth-order valence-corrected chi connectivity index (χ4v) is 6.19. The van der Waals surface area contributed by atoms with E-state index >= 15 is 0 Å². The molecule has 0 unspecified atom stereocenters. The Bertz CT molecular complexity index is 2550. The molecule has 210 valence electrons. The van der Waals surface area contributed by atoms with Crippen LogP contribution in [0.2, 0.25) is 0 Å². The van der Waals surface area contributed by atoms with Crippen LogP contribution in [0.3, 0.4) is 0 Å². The van der Waals surface area contributed by atoms with E-state index < -0.39 is 0 Å². The molecule has 4 nitrogen and oxygen atoms in total. The largest absolute Gasteiger partial charge is 0.455 e. The third-order valence-corrected chi connectivity index (χ3v) is 8.51. The van der Waals surface area contributed by atoms with Gasteiger partial charge < -0.3 is 4.42 Å². The van der Waals surface area contributed by atoms with Gasteiger partial charge in [-0.15, -0.1) is 0 Å². The third-order valence-electron chi connectivity index (χ3n) is 8.51. The van der Waals surface area contributed by atoms with Crippen LogP contribution in [0.4, 0.5) is 0 Å². The average molecular weight is 576 g/mol. The van der Waals surface area contributed by atoms with Gasteiger partial charge in [-0.25, -0.2) is 15.0 Å². The molecule has 45 heavy (non-hydrogen) atoms. The zero-order chi connectivity index (χ0) is 29.7. The SMILES string of the molecule is c1ccc2cc(-c3ccc(-c4nc(-c5ccc6ccccc6c5)nc(-c5cccc6c5oc5ccccc56)n4)cc3)ccc2c1. The lowest BCUT2D eigenvalue weighted by molar-refractivity contribution is 0.669. The number of furan rings is 1. The van der Waals surface area contributed by atoms with Gasteiger partial charge in [0.1, 0.15) is 11.2 Å². The second-order valence-corrected chi connectivity index (χ2v) is 11.3. The lowest BCUT2D eigenvalue weighted by Crippen LogP contribution is -2.00. The minimum atomic E-state index is 0.575. The molecule has 0 aliphatic carbocycles. The van der Waals surface area contributed by atoms with Crippen LogP contribution in [-0.4, -0.2) is 15.0 Å². The zero-order valence-corrected chi connectivity index (χ0v) is 24.2. The van der Waals surface area contributed by atoms with Crippen LogP contribution in [-0.2, 0) is 0 Å². The molecule has 0 saturated heterocycles. The summed E-state index contributed by atoms with van der Waals surface area (Å²) in [5, 5.41) is 6.88. The van der Waals surface area contributed by atoms with Crippen LogP contribution >= 0.6 is 0 Å². The highest BCUT2D eigenvalue weighted by Crippen LogP contribution is 2.36. The van der Waals surface area contributed by atoms with Crippen LogP contribution in [0.5, 0.6) is 0 Å². The molecule has 0 saturated carbocycles. The molecule has 2 aromatic heterocycles. The Morgan fingerprint density at radius 1 is 0.356 bits per heavy atom. The van der Waals surface area contributed by atoms with Crippen molar-refractivity contribution < 1.29 is 4.42 Å². The lowest BCUT2D eigenvalue weighted by atomic mass is 10.00. The Morgan fingerprint density at radius 3 is 1.64 bits per heavy atom. The number of para-hydroxylation sites is 2. The third kappa shape index (κ3) is 4.43. The summed E-state index contributed by atoms with van der Waals surface area (Å²) in [6.07, 6.45) is 0. The quantitative estimate of drug-likeness (QED) is 0.209. The topological polar surface area (TPSA) is 51.8 Å². The Hall–Kier alpha value is -6.13. The molecular weight excluding hydrogens is 550 g/mol. The van der Waals surface area contributed by atoms with Gasteiger partial charge in [-0.1, -0.05) is 127 Å². The first-order valence-corrected chi connectivity index (χ1v) is 15.0. The molecule has 0 amide bonds. The van der Waals surface area contributed by atoms with Gasteiger partial charge in [-0.2, -0.15) is 0 Å². The van der Waals surface area contributed by atoms with Crippen LogP contribution in [0.15, 0.2) is 156 Å². The zero-order valence-electron chi connectivity index (χ0n) is 24.2. The smallest absolute Gasteiger partial charge is 0.167 e. The van der Waals surface area contributed by atoms with E-state index in [0.717, 1.165) is 49.6 Å². The molecule has 0 bridgehead atoms. The molecule has 0 fully saturated rings. The van der Waals surface area contributed by atoms with E-state index in [4.69, 9.17) is 19.4 Å². The van der Waals surface area contributed by atoms with Crippen LogP contribution < -0.4 is 0 Å². The predicted octanol–water partition coefficient (Wildman–Crippen LogP) is 10.7. The van der Waals surface area contributed by atoms with Gasteiger partial charge in [0.2, 0.25) is 0 Å². The van der Waals surface area contributed by atoms with Crippen molar-refractivity contribution in [3.05, 3.63) is 152 Å². The molecule has 0 N–H and O–H groups in total. The first kappa shape index (κ1) is 25.4. The van der Waals surface area contributed by atoms with Gasteiger partial charge >= 0.3 is 0 Å². The second-order valence-electron chi connectivity index (χ2n) is 11.3. The van der Waals surface area contributed by atoms with Crippen molar-refractivity contribution in [1.29, 1.82) is 0 Å². The van der Waals surface area contributed by atoms with E-state index in [0.29, 0.717) is 17.5 Å². The minimum absolute atomic E-state index is 0.575. The van der Waals surface area contributed by atoms with Crippen LogP contribution in [0, 0.1) is 0 Å². The van der Waals surface area contributed by atoms with E-state index in [1.165, 1.54) is 21.7 Å². The summed E-state index contributed by atoms with van der Waals surface area (Å²) in [5.41, 5.74) is 6.61. The average Bonchev–Trinajstić information content (AvgIpc) is 3.50. The number of hydrogen-bond acceptors (Lipinski definition) is 4. The number of fused-ring (bicyclic) bond motifs is 5. The van der Waals surface area contributed by atoms with Crippen molar-refractivity contribution in [3.63, 3.8) is 0 Å². The summed E-state index contributed by atoms with van der Waals surface area (Å²) in [7, 11) is 0. The summed E-state index contributed by atoms with van der Waals surface area (Å²) in [6, 6.07) is 52.4. The molecule has 0 aliphatic heterocycles. The number of benzene rings is 7. The van der Waals surface area contributed by atoms with E-state index in [1.807, 2.05) is 30.3 Å². The second kappa shape index (κ2) is 10.2. The molecule has 0 aliphatic rings. The lowest BCUT2D eigenvalue weighted by Gasteiger charge is -2.10. The number of hydrogen-bond donors (Lipinski definition) is 0. The van der Waals surface area contributed by atoms with Crippen LogP contribution in [0.1, 0.15) is 0 Å². The first-order chi connectivity index (χ1) is 22.3. The van der Waals surface area contributed by atoms with Gasteiger partial charge in [-0.05, 0) is 56.9 Å². The van der Waals surface area contributed by atoms with Gasteiger partial charge in [0.15, 0.2) is 17.5 Å². The number of nitrogens with zero attached hydrogens (tertiary/aromatic N) is 3. The molecular formula is C41H25N3O. The fourth-order valence-electron chi connectivity index (χ4n) is 6.19. The minimum Gasteiger partial charge on any atom is -0.455 e. The molecule has 4 heteroatoms. The molecule has 7 aromatic carbocycles. The first-order valence-electron chi connectivity index (χ1n) is 15.0. The standard InChI is InChI=1S/C41H25N3O/c1-3-10-30-24-32(22-18-26(30)8-1)28-16-20-29(21-17-28)39-42-40(33-23-19-27-9-2-4-11-31(27)25-33)44-41(43-39)36-14-7-13-35-34-12-5-6-15-37(34)45-38(35)36/h1-25H. The van der Waals surface area contributed by atoms with Gasteiger partial charge in [0.25, 0.3) is 0 Å².